The van der Waals surface area contributed by atoms with E-state index in [1.807, 2.05) is 4.90 Å². The molecule has 1 aliphatic carbocycles. The summed E-state index contributed by atoms with van der Waals surface area (Å²) < 4.78 is 17.1. The van der Waals surface area contributed by atoms with Gasteiger partial charge in [0, 0.05) is 19.0 Å². The van der Waals surface area contributed by atoms with Crippen molar-refractivity contribution >= 4 is 5.91 Å². The zero-order valence-corrected chi connectivity index (χ0v) is 13.3. The summed E-state index contributed by atoms with van der Waals surface area (Å²) in [6.07, 6.45) is 5.51. The van der Waals surface area contributed by atoms with Gasteiger partial charge < -0.3 is 18.5 Å². The topological polar surface area (TPSA) is 81.6 Å². The molecule has 7 nitrogen and oxygen atoms in total. The van der Waals surface area contributed by atoms with Crippen molar-refractivity contribution in [1.29, 1.82) is 0 Å². The van der Waals surface area contributed by atoms with Crippen LogP contribution in [0.2, 0.25) is 0 Å². The average molecular weight is 329 g/mol. The standard InChI is InChI=1S/C17H19N3O4/c21-17(12-2-1-7-22-12)20-6-5-11-8-13(23-14(11)9-20)16-19-18-15(24-16)10-3-4-10/h1-2,7,10-11,13-14H,3-6,8-9H2/t11-,13+,14+/m1/s1. The maximum atomic E-state index is 12.4. The van der Waals surface area contributed by atoms with Gasteiger partial charge in [0.25, 0.3) is 5.91 Å². The molecular formula is C17H19N3O4. The van der Waals surface area contributed by atoms with Gasteiger partial charge in [0.15, 0.2) is 5.76 Å². The number of nitrogens with zero attached hydrogens (tertiary/aromatic N) is 3. The van der Waals surface area contributed by atoms with Crippen molar-refractivity contribution in [2.45, 2.75) is 43.8 Å². The van der Waals surface area contributed by atoms with Crippen LogP contribution >= 0.6 is 0 Å². The Kier molecular flexibility index (Phi) is 3.22. The van der Waals surface area contributed by atoms with Crippen molar-refractivity contribution in [2.75, 3.05) is 13.1 Å². The van der Waals surface area contributed by atoms with Crippen LogP contribution in [-0.2, 0) is 4.74 Å². The van der Waals surface area contributed by atoms with Crippen molar-refractivity contribution in [1.82, 2.24) is 15.1 Å². The third-order valence-electron chi connectivity index (χ3n) is 5.23. The van der Waals surface area contributed by atoms with Crippen LogP contribution in [0.3, 0.4) is 0 Å². The van der Waals surface area contributed by atoms with Gasteiger partial charge in [-0.1, -0.05) is 0 Å². The number of ether oxygens (including phenoxy) is 1. The third-order valence-corrected chi connectivity index (χ3v) is 5.23. The fourth-order valence-electron chi connectivity index (χ4n) is 3.70. The zero-order valence-electron chi connectivity index (χ0n) is 13.3. The highest BCUT2D eigenvalue weighted by atomic mass is 16.5. The minimum Gasteiger partial charge on any atom is -0.459 e. The van der Waals surface area contributed by atoms with Crippen LogP contribution in [0.5, 0.6) is 0 Å². The molecule has 3 aliphatic rings. The Morgan fingerprint density at radius 1 is 1.21 bits per heavy atom. The third kappa shape index (κ3) is 2.43. The van der Waals surface area contributed by atoms with E-state index in [1.165, 1.54) is 6.26 Å². The van der Waals surface area contributed by atoms with Crippen molar-refractivity contribution in [2.24, 2.45) is 5.92 Å². The van der Waals surface area contributed by atoms with Crippen LogP contribution in [0.25, 0.3) is 0 Å². The van der Waals surface area contributed by atoms with Gasteiger partial charge in [-0.05, 0) is 43.7 Å². The van der Waals surface area contributed by atoms with E-state index in [9.17, 15) is 4.79 Å². The molecule has 24 heavy (non-hydrogen) atoms. The first-order chi connectivity index (χ1) is 11.8. The zero-order chi connectivity index (χ0) is 16.1. The normalized spacial score (nSPS) is 29.7. The summed E-state index contributed by atoms with van der Waals surface area (Å²) in [5, 5.41) is 8.32. The second kappa shape index (κ2) is 5.44. The summed E-state index contributed by atoms with van der Waals surface area (Å²) in [4.78, 5) is 14.2. The fourth-order valence-corrected chi connectivity index (χ4v) is 3.70. The molecule has 2 saturated heterocycles. The van der Waals surface area contributed by atoms with Gasteiger partial charge in [0.2, 0.25) is 11.8 Å². The molecule has 0 aromatic carbocycles. The molecule has 0 N–H and O–H groups in total. The number of rotatable bonds is 3. The summed E-state index contributed by atoms with van der Waals surface area (Å²) in [5.74, 6) is 2.55. The first-order valence-electron chi connectivity index (χ1n) is 8.59. The molecular weight excluding hydrogens is 310 g/mol. The summed E-state index contributed by atoms with van der Waals surface area (Å²) in [5.41, 5.74) is 0. The highest BCUT2D eigenvalue weighted by Gasteiger charge is 2.43. The van der Waals surface area contributed by atoms with Crippen LogP contribution in [0.15, 0.2) is 27.2 Å². The van der Waals surface area contributed by atoms with E-state index < -0.39 is 0 Å². The molecule has 3 atom stereocenters. The van der Waals surface area contributed by atoms with Crippen LogP contribution < -0.4 is 0 Å². The Morgan fingerprint density at radius 2 is 2.08 bits per heavy atom. The first kappa shape index (κ1) is 14.2. The van der Waals surface area contributed by atoms with E-state index in [-0.39, 0.29) is 18.1 Å². The smallest absolute Gasteiger partial charge is 0.289 e. The second-order valence-corrected chi connectivity index (χ2v) is 6.93. The van der Waals surface area contributed by atoms with E-state index in [0.29, 0.717) is 30.0 Å². The molecule has 7 heteroatoms. The fraction of sp³-hybridized carbons (Fsp3) is 0.588. The number of fused-ring (bicyclic) bond motifs is 1. The predicted octanol–water partition coefficient (Wildman–Crippen LogP) is 2.53. The molecule has 0 bridgehead atoms. The van der Waals surface area contributed by atoms with E-state index in [4.69, 9.17) is 13.6 Å². The van der Waals surface area contributed by atoms with Gasteiger partial charge in [-0.3, -0.25) is 4.79 Å². The number of likely N-dealkylation sites (tertiary alicyclic amines) is 1. The summed E-state index contributed by atoms with van der Waals surface area (Å²) in [6.45, 7) is 1.32. The number of aromatic nitrogens is 2. The lowest BCUT2D eigenvalue weighted by Gasteiger charge is -2.33. The number of hydrogen-bond acceptors (Lipinski definition) is 6. The molecule has 2 aromatic heterocycles. The van der Waals surface area contributed by atoms with E-state index in [1.54, 1.807) is 12.1 Å². The Bertz CT molecular complexity index is 737. The second-order valence-electron chi connectivity index (χ2n) is 6.93. The summed E-state index contributed by atoms with van der Waals surface area (Å²) >= 11 is 0. The Labute approximate surface area is 139 Å². The van der Waals surface area contributed by atoms with E-state index in [0.717, 1.165) is 38.1 Å². The van der Waals surface area contributed by atoms with Crippen molar-refractivity contribution in [3.05, 3.63) is 35.9 Å². The lowest BCUT2D eigenvalue weighted by Crippen LogP contribution is -2.45. The molecule has 1 amide bonds. The first-order valence-corrected chi connectivity index (χ1v) is 8.59. The van der Waals surface area contributed by atoms with Gasteiger partial charge in [-0.15, -0.1) is 10.2 Å². The molecule has 2 aromatic rings. The lowest BCUT2D eigenvalue weighted by atomic mass is 9.91. The molecule has 126 valence electrons. The number of hydrogen-bond donors (Lipinski definition) is 0. The molecule has 1 saturated carbocycles. The number of carbonyl (C=O) groups excluding carboxylic acids is 1. The van der Waals surface area contributed by atoms with E-state index >= 15 is 0 Å². The molecule has 2 aliphatic heterocycles. The minimum atomic E-state index is -0.140. The Morgan fingerprint density at radius 3 is 2.88 bits per heavy atom. The summed E-state index contributed by atoms with van der Waals surface area (Å²) in [7, 11) is 0. The van der Waals surface area contributed by atoms with Gasteiger partial charge in [-0.25, -0.2) is 0 Å². The number of furan rings is 1. The minimum absolute atomic E-state index is 0.0268. The van der Waals surface area contributed by atoms with Crippen LogP contribution in [0, 0.1) is 5.92 Å². The highest BCUT2D eigenvalue weighted by molar-refractivity contribution is 5.91. The van der Waals surface area contributed by atoms with Crippen molar-refractivity contribution in [3.63, 3.8) is 0 Å². The SMILES string of the molecule is O=C(c1ccco1)N1CC[C@@H]2C[C@@H](c3nnc(C4CC4)o3)O[C@H]2C1. The molecule has 0 radical (unpaired) electrons. The van der Waals surface area contributed by atoms with Gasteiger partial charge in [0.1, 0.15) is 6.10 Å². The van der Waals surface area contributed by atoms with Crippen LogP contribution in [0.1, 0.15) is 60.0 Å². The van der Waals surface area contributed by atoms with Gasteiger partial charge in [-0.2, -0.15) is 0 Å². The lowest BCUT2D eigenvalue weighted by molar-refractivity contribution is -0.0131. The monoisotopic (exact) mass is 329 g/mol. The quantitative estimate of drug-likeness (QED) is 0.860. The summed E-state index contributed by atoms with van der Waals surface area (Å²) in [6, 6.07) is 3.43. The van der Waals surface area contributed by atoms with Crippen molar-refractivity contribution in [3.8, 4) is 0 Å². The Hall–Kier alpha value is -2.15. The van der Waals surface area contributed by atoms with Crippen LogP contribution in [-0.4, -0.2) is 40.2 Å². The molecule has 5 rings (SSSR count). The number of piperidine rings is 1. The van der Waals surface area contributed by atoms with E-state index in [2.05, 4.69) is 10.2 Å². The predicted molar refractivity (Wildman–Crippen MR) is 81.2 cm³/mol. The largest absolute Gasteiger partial charge is 0.459 e. The molecule has 0 unspecified atom stereocenters. The van der Waals surface area contributed by atoms with Gasteiger partial charge in [0.05, 0.1) is 12.4 Å². The average Bonchev–Trinajstić information content (AvgIpc) is 3.06. The molecule has 0 spiro atoms. The Balaban J connectivity index is 1.26. The number of amides is 1. The van der Waals surface area contributed by atoms with Crippen molar-refractivity contribution < 1.29 is 18.4 Å². The maximum Gasteiger partial charge on any atom is 0.289 e. The highest BCUT2D eigenvalue weighted by Crippen LogP contribution is 2.43. The van der Waals surface area contributed by atoms with Crippen LogP contribution in [0.4, 0.5) is 0 Å². The molecule has 4 heterocycles. The van der Waals surface area contributed by atoms with Gasteiger partial charge >= 0.3 is 0 Å². The maximum absolute atomic E-state index is 12.4. The molecule has 3 fully saturated rings. The number of carbonyl (C=O) groups is 1.